The van der Waals surface area contributed by atoms with Gasteiger partial charge in [0.05, 0.1) is 0 Å². The van der Waals surface area contributed by atoms with Crippen LogP contribution in [0, 0.1) is 0 Å². The molecule has 0 spiro atoms. The number of thiocarbonyl (C=S) groups is 1. The predicted molar refractivity (Wildman–Crippen MR) is 70.6 cm³/mol. The van der Waals surface area contributed by atoms with Crippen LogP contribution < -0.4 is 10.6 Å². The molecule has 16 heavy (non-hydrogen) atoms. The van der Waals surface area contributed by atoms with Gasteiger partial charge in [0.25, 0.3) is 0 Å². The van der Waals surface area contributed by atoms with Gasteiger partial charge in [-0.25, -0.2) is 0 Å². The van der Waals surface area contributed by atoms with Crippen molar-refractivity contribution in [3.63, 3.8) is 0 Å². The molecule has 4 heteroatoms. The molecular formula is C12H16N2OS. The molecule has 0 saturated carbocycles. The van der Waals surface area contributed by atoms with Crippen molar-refractivity contribution >= 4 is 28.9 Å². The number of carbonyl (C=O) groups is 1. The van der Waals surface area contributed by atoms with E-state index in [1.54, 1.807) is 0 Å². The summed E-state index contributed by atoms with van der Waals surface area (Å²) in [6.07, 6.45) is 0. The molecule has 0 atom stereocenters. The second-order valence-electron chi connectivity index (χ2n) is 3.91. The second-order valence-corrected chi connectivity index (χ2v) is 4.32. The van der Waals surface area contributed by atoms with Crippen LogP contribution in [0.2, 0.25) is 0 Å². The molecule has 1 aromatic carbocycles. The fraction of sp³-hybridized carbons (Fsp3) is 0.333. The molecule has 0 aromatic heterocycles. The van der Waals surface area contributed by atoms with Crippen LogP contribution in [0.25, 0.3) is 0 Å². The molecule has 0 fully saturated rings. The first-order valence-corrected chi connectivity index (χ1v) is 5.58. The molecule has 3 nitrogen and oxygen atoms in total. The lowest BCUT2D eigenvalue weighted by atomic mass is 10.0. The zero-order chi connectivity index (χ0) is 12.1. The summed E-state index contributed by atoms with van der Waals surface area (Å²) in [6, 6.07) is 7.99. The summed E-state index contributed by atoms with van der Waals surface area (Å²) in [5.41, 5.74) is 2.15. The summed E-state index contributed by atoms with van der Waals surface area (Å²) in [5, 5.41) is 5.77. The minimum atomic E-state index is -0.170. The normalized spacial score (nSPS) is 10.0. The Labute approximate surface area is 101 Å². The molecule has 0 aliphatic rings. The number of nitrogens with one attached hydrogen (secondary N) is 2. The van der Waals surface area contributed by atoms with Crippen molar-refractivity contribution in [1.29, 1.82) is 0 Å². The van der Waals surface area contributed by atoms with Gasteiger partial charge in [-0.05, 0) is 35.8 Å². The van der Waals surface area contributed by atoms with E-state index in [2.05, 4.69) is 24.5 Å². The van der Waals surface area contributed by atoms with Crippen LogP contribution in [-0.4, -0.2) is 11.0 Å². The lowest BCUT2D eigenvalue weighted by Gasteiger charge is -2.10. The highest BCUT2D eigenvalue weighted by molar-refractivity contribution is 7.80. The number of rotatable bonds is 2. The molecule has 1 rings (SSSR count). The first-order valence-electron chi connectivity index (χ1n) is 5.17. The molecule has 0 heterocycles. The van der Waals surface area contributed by atoms with Crippen molar-refractivity contribution in [2.24, 2.45) is 0 Å². The van der Waals surface area contributed by atoms with Gasteiger partial charge in [-0.3, -0.25) is 4.79 Å². The maximum absolute atomic E-state index is 10.7. The van der Waals surface area contributed by atoms with Crippen LogP contribution in [0.3, 0.4) is 0 Å². The van der Waals surface area contributed by atoms with E-state index in [4.69, 9.17) is 12.2 Å². The average Bonchev–Trinajstić information content (AvgIpc) is 2.16. The van der Waals surface area contributed by atoms with Gasteiger partial charge >= 0.3 is 0 Å². The van der Waals surface area contributed by atoms with Crippen LogP contribution in [0.5, 0.6) is 0 Å². The number of amides is 1. The Morgan fingerprint density at radius 2 is 1.81 bits per heavy atom. The Bertz CT molecular complexity index is 385. The minimum absolute atomic E-state index is 0.170. The third-order valence-electron chi connectivity index (χ3n) is 2.12. The van der Waals surface area contributed by atoms with Crippen LogP contribution in [0.15, 0.2) is 24.3 Å². The Morgan fingerprint density at radius 1 is 1.25 bits per heavy atom. The first-order chi connectivity index (χ1) is 7.49. The molecule has 0 bridgehead atoms. The van der Waals surface area contributed by atoms with Crippen molar-refractivity contribution in [1.82, 2.24) is 5.32 Å². The van der Waals surface area contributed by atoms with Crippen molar-refractivity contribution in [3.05, 3.63) is 29.8 Å². The zero-order valence-corrected chi connectivity index (χ0v) is 10.5. The highest BCUT2D eigenvalue weighted by Gasteiger charge is 2.01. The Kier molecular flexibility index (Phi) is 4.43. The number of benzene rings is 1. The van der Waals surface area contributed by atoms with E-state index in [1.807, 2.05) is 24.3 Å². The minimum Gasteiger partial charge on any atom is -0.332 e. The Morgan fingerprint density at radius 3 is 2.25 bits per heavy atom. The van der Waals surface area contributed by atoms with E-state index >= 15 is 0 Å². The molecule has 0 aliphatic carbocycles. The lowest BCUT2D eigenvalue weighted by Crippen LogP contribution is -2.32. The summed E-state index contributed by atoms with van der Waals surface area (Å²) >= 11 is 4.95. The highest BCUT2D eigenvalue weighted by atomic mass is 32.1. The third kappa shape index (κ3) is 3.98. The topological polar surface area (TPSA) is 41.1 Å². The maximum Gasteiger partial charge on any atom is 0.222 e. The van der Waals surface area contributed by atoms with Gasteiger partial charge in [-0.15, -0.1) is 0 Å². The SMILES string of the molecule is CC(=O)NC(=S)Nc1ccc(C(C)C)cc1. The number of anilines is 1. The van der Waals surface area contributed by atoms with Crippen molar-refractivity contribution in [2.45, 2.75) is 26.7 Å². The van der Waals surface area contributed by atoms with Gasteiger partial charge in [0.15, 0.2) is 5.11 Å². The first kappa shape index (κ1) is 12.6. The third-order valence-corrected chi connectivity index (χ3v) is 2.33. The zero-order valence-electron chi connectivity index (χ0n) is 9.70. The van der Waals surface area contributed by atoms with E-state index in [-0.39, 0.29) is 5.91 Å². The van der Waals surface area contributed by atoms with Gasteiger partial charge in [0.1, 0.15) is 0 Å². The number of hydrogen-bond acceptors (Lipinski definition) is 2. The van der Waals surface area contributed by atoms with Crippen molar-refractivity contribution < 1.29 is 4.79 Å². The average molecular weight is 236 g/mol. The van der Waals surface area contributed by atoms with Gasteiger partial charge in [0, 0.05) is 12.6 Å². The summed E-state index contributed by atoms with van der Waals surface area (Å²) in [4.78, 5) is 10.7. The van der Waals surface area contributed by atoms with E-state index < -0.39 is 0 Å². The standard InChI is InChI=1S/C12H16N2OS/c1-8(2)10-4-6-11(7-5-10)14-12(16)13-9(3)15/h4-8H,1-3H3,(H2,13,14,15,16). The second kappa shape index (κ2) is 5.61. The van der Waals surface area contributed by atoms with Crippen molar-refractivity contribution in [2.75, 3.05) is 5.32 Å². The van der Waals surface area contributed by atoms with Crippen LogP contribution in [-0.2, 0) is 4.79 Å². The molecular weight excluding hydrogens is 220 g/mol. The van der Waals surface area contributed by atoms with E-state index in [0.29, 0.717) is 11.0 Å². The summed E-state index contributed by atoms with van der Waals surface area (Å²) in [6.45, 7) is 5.71. The molecule has 0 radical (unpaired) electrons. The van der Waals surface area contributed by atoms with Crippen LogP contribution in [0.1, 0.15) is 32.3 Å². The van der Waals surface area contributed by atoms with Gasteiger partial charge in [-0.1, -0.05) is 26.0 Å². The van der Waals surface area contributed by atoms with Gasteiger partial charge in [0.2, 0.25) is 5.91 Å². The number of hydrogen-bond donors (Lipinski definition) is 2. The van der Waals surface area contributed by atoms with E-state index in [1.165, 1.54) is 12.5 Å². The molecule has 1 aromatic rings. The predicted octanol–water partition coefficient (Wildman–Crippen LogP) is 2.64. The highest BCUT2D eigenvalue weighted by Crippen LogP contribution is 2.16. The lowest BCUT2D eigenvalue weighted by molar-refractivity contribution is -0.117. The fourth-order valence-corrected chi connectivity index (χ4v) is 1.54. The molecule has 1 amide bonds. The molecule has 0 aliphatic heterocycles. The van der Waals surface area contributed by atoms with Crippen LogP contribution in [0.4, 0.5) is 5.69 Å². The summed E-state index contributed by atoms with van der Waals surface area (Å²) < 4.78 is 0. The monoisotopic (exact) mass is 236 g/mol. The fourth-order valence-electron chi connectivity index (χ4n) is 1.27. The Balaban J connectivity index is 2.62. The van der Waals surface area contributed by atoms with E-state index in [0.717, 1.165) is 5.69 Å². The van der Waals surface area contributed by atoms with Crippen molar-refractivity contribution in [3.8, 4) is 0 Å². The molecule has 0 saturated heterocycles. The van der Waals surface area contributed by atoms with E-state index in [9.17, 15) is 4.79 Å². The van der Waals surface area contributed by atoms with Crippen LogP contribution >= 0.6 is 12.2 Å². The maximum atomic E-state index is 10.7. The smallest absolute Gasteiger partial charge is 0.222 e. The van der Waals surface area contributed by atoms with Gasteiger partial charge in [-0.2, -0.15) is 0 Å². The molecule has 0 unspecified atom stereocenters. The molecule has 86 valence electrons. The summed E-state index contributed by atoms with van der Waals surface area (Å²) in [7, 11) is 0. The molecule has 2 N–H and O–H groups in total. The quantitative estimate of drug-likeness (QED) is 0.776. The number of carbonyl (C=O) groups excluding carboxylic acids is 1. The summed E-state index contributed by atoms with van der Waals surface area (Å²) in [5.74, 6) is 0.340. The Hall–Kier alpha value is -1.42. The largest absolute Gasteiger partial charge is 0.332 e. The van der Waals surface area contributed by atoms with Gasteiger partial charge < -0.3 is 10.6 Å².